The van der Waals surface area contributed by atoms with E-state index in [0.29, 0.717) is 24.6 Å². The van der Waals surface area contributed by atoms with Crippen LogP contribution in [0, 0.1) is 0 Å². The summed E-state index contributed by atoms with van der Waals surface area (Å²) < 4.78 is 12.3. The zero-order valence-corrected chi connectivity index (χ0v) is 39.1. The number of nitrogen functional groups attached to an aromatic ring is 2. The summed E-state index contributed by atoms with van der Waals surface area (Å²) in [5, 5.41) is 8.90. The van der Waals surface area contributed by atoms with Gasteiger partial charge in [0.2, 0.25) is 0 Å². The number of ether oxygens (including phenoxy) is 2. The number of aryl methyl sites for hydroxylation is 2. The summed E-state index contributed by atoms with van der Waals surface area (Å²) in [6.07, 6.45) is 7.25. The molecule has 61 heavy (non-hydrogen) atoms. The third kappa shape index (κ3) is 20.3. The molecule has 0 saturated carbocycles. The van der Waals surface area contributed by atoms with E-state index < -0.39 is 5.91 Å². The standard InChI is InChI=1S/C42H63ClN10O5.3ClH/c1-51(2)23-8-21-46-36(54)29-57-34-17-13-31(14-18-34)10-5-25-53(27-7-12-33(28-53)48-42(56)38-40(44)50-41(45)39(43)49-38)26-6-11-32-15-19-35(20-16-32)58-30-37(55)47-22-9-24-52(3)4;;;/h13-20,33H,5-12,21-30H2,1-4H3,(H6-,44,45,46,47,48,50,54,55,56);3*1H. The maximum Gasteiger partial charge on any atom is 0.274 e. The van der Waals surface area contributed by atoms with E-state index in [1.165, 1.54) is 11.1 Å². The molecule has 4 rings (SSSR count). The van der Waals surface area contributed by atoms with E-state index >= 15 is 0 Å². The SMILES string of the molecule is CN(C)CCCNC(=O)COc1ccc(CCC[N+]2(CCCc3ccc(OCC(=O)NCCCN(C)C)cc3)CCCC(NC(=O)c3nc(Cl)c(N)nc3N)C2)cc1.Cl.Cl.[Cl-]. The number of hydrogen-bond acceptors (Lipinski definition) is 11. The number of rotatable bonds is 24. The molecule has 2 heterocycles. The summed E-state index contributed by atoms with van der Waals surface area (Å²) in [5.41, 5.74) is 14.1. The lowest BCUT2D eigenvalue weighted by Crippen LogP contribution is -3.00. The van der Waals surface area contributed by atoms with Gasteiger partial charge in [-0.1, -0.05) is 35.9 Å². The maximum atomic E-state index is 13.3. The van der Waals surface area contributed by atoms with Crippen LogP contribution in [0.25, 0.3) is 0 Å². The van der Waals surface area contributed by atoms with Gasteiger partial charge in [0.25, 0.3) is 17.7 Å². The van der Waals surface area contributed by atoms with Crippen molar-refractivity contribution in [2.75, 3.05) is 105 Å². The Bertz CT molecular complexity index is 1680. The van der Waals surface area contributed by atoms with Gasteiger partial charge in [0, 0.05) is 25.9 Å². The topological polar surface area (TPSA) is 190 Å². The second-order valence-electron chi connectivity index (χ2n) is 15.7. The molecule has 0 bridgehead atoms. The maximum absolute atomic E-state index is 13.3. The van der Waals surface area contributed by atoms with Crippen LogP contribution >= 0.6 is 36.4 Å². The van der Waals surface area contributed by atoms with E-state index in [9.17, 15) is 14.4 Å². The van der Waals surface area contributed by atoms with Gasteiger partial charge >= 0.3 is 0 Å². The van der Waals surface area contributed by atoms with Crippen molar-refractivity contribution in [1.82, 2.24) is 35.7 Å². The number of amides is 3. The number of hydrogen-bond donors (Lipinski definition) is 5. The number of piperidine rings is 1. The molecule has 1 aliphatic rings. The zero-order valence-electron chi connectivity index (χ0n) is 35.9. The lowest BCUT2D eigenvalue weighted by Gasteiger charge is -2.45. The summed E-state index contributed by atoms with van der Waals surface area (Å²) in [5.74, 6) is 0.581. The first kappa shape index (κ1) is 55.2. The summed E-state index contributed by atoms with van der Waals surface area (Å²) in [6.45, 7) is 6.71. The van der Waals surface area contributed by atoms with Crippen molar-refractivity contribution in [3.05, 3.63) is 70.5 Å². The smallest absolute Gasteiger partial charge is 0.274 e. The van der Waals surface area contributed by atoms with Crippen LogP contribution < -0.4 is 49.3 Å². The molecular formula is C42H66Cl4N10O5. The number of likely N-dealkylation sites (tertiary alicyclic amines) is 1. The van der Waals surface area contributed by atoms with Gasteiger partial charge in [0.1, 0.15) is 11.5 Å². The third-order valence-corrected chi connectivity index (χ3v) is 10.5. The second kappa shape index (κ2) is 28.7. The second-order valence-corrected chi connectivity index (χ2v) is 16.1. The summed E-state index contributed by atoms with van der Waals surface area (Å²) in [6, 6.07) is 15.8. The predicted octanol–water partition coefficient (Wildman–Crippen LogP) is 1.01. The van der Waals surface area contributed by atoms with Gasteiger partial charge < -0.3 is 63.6 Å². The third-order valence-electron chi connectivity index (χ3n) is 10.2. The molecule has 19 heteroatoms. The predicted molar refractivity (Wildman–Crippen MR) is 243 cm³/mol. The van der Waals surface area contributed by atoms with Gasteiger partial charge in [-0.15, -0.1) is 24.8 Å². The normalized spacial score (nSPS) is 14.2. The Morgan fingerprint density at radius 3 is 1.69 bits per heavy atom. The highest BCUT2D eigenvalue weighted by atomic mass is 35.5. The molecule has 0 spiro atoms. The summed E-state index contributed by atoms with van der Waals surface area (Å²) >= 11 is 6.08. The molecular weight excluding hydrogens is 866 g/mol. The van der Waals surface area contributed by atoms with E-state index in [0.717, 1.165) is 95.1 Å². The number of halogens is 4. The molecule has 1 aliphatic heterocycles. The Kier molecular flexibility index (Phi) is 26.0. The highest BCUT2D eigenvalue weighted by molar-refractivity contribution is 6.31. The fourth-order valence-electron chi connectivity index (χ4n) is 7.21. The Balaban J connectivity index is 0.00000620. The van der Waals surface area contributed by atoms with Gasteiger partial charge in [0.15, 0.2) is 35.7 Å². The van der Waals surface area contributed by atoms with Crippen molar-refractivity contribution in [1.29, 1.82) is 0 Å². The van der Waals surface area contributed by atoms with Crippen LogP contribution in [-0.2, 0) is 22.4 Å². The Morgan fingerprint density at radius 1 is 0.754 bits per heavy atom. The number of benzene rings is 2. The number of carbonyl (C=O) groups excluding carboxylic acids is 3. The number of nitrogens with one attached hydrogen (secondary N) is 3. The molecule has 1 aromatic heterocycles. The summed E-state index contributed by atoms with van der Waals surface area (Å²) in [4.78, 5) is 50.0. The molecule has 15 nitrogen and oxygen atoms in total. The molecule has 3 amide bonds. The molecule has 0 radical (unpaired) electrons. The van der Waals surface area contributed by atoms with Crippen molar-refractivity contribution in [3.63, 3.8) is 0 Å². The van der Waals surface area contributed by atoms with Gasteiger partial charge in [0.05, 0.1) is 32.2 Å². The average molecular weight is 933 g/mol. The van der Waals surface area contributed by atoms with Crippen LogP contribution in [0.15, 0.2) is 48.5 Å². The van der Waals surface area contributed by atoms with E-state index in [1.54, 1.807) is 0 Å². The van der Waals surface area contributed by atoms with Crippen LogP contribution in [0.4, 0.5) is 11.6 Å². The first-order valence-electron chi connectivity index (χ1n) is 20.3. The minimum atomic E-state index is -0.412. The first-order chi connectivity index (χ1) is 27.8. The Morgan fingerprint density at radius 2 is 1.23 bits per heavy atom. The van der Waals surface area contributed by atoms with E-state index in [2.05, 4.69) is 60.0 Å². The number of nitrogens with zero attached hydrogens (tertiary/aromatic N) is 5. The average Bonchev–Trinajstić information content (AvgIpc) is 3.19. The lowest BCUT2D eigenvalue weighted by molar-refractivity contribution is -0.933. The number of aromatic nitrogens is 2. The Hall–Kier alpha value is -3.83. The summed E-state index contributed by atoms with van der Waals surface area (Å²) in [7, 11) is 8.04. The van der Waals surface area contributed by atoms with Crippen molar-refractivity contribution < 1.29 is 40.7 Å². The number of anilines is 2. The number of carbonyl (C=O) groups is 3. The quantitative estimate of drug-likeness (QED) is 0.0638. The largest absolute Gasteiger partial charge is 1.00 e. The highest BCUT2D eigenvalue weighted by Crippen LogP contribution is 2.25. The molecule has 342 valence electrons. The van der Waals surface area contributed by atoms with Crippen LogP contribution in [0.2, 0.25) is 5.15 Å². The Labute approximate surface area is 385 Å². The highest BCUT2D eigenvalue weighted by Gasteiger charge is 2.35. The fraction of sp³-hybridized carbons (Fsp3) is 0.548. The molecule has 1 unspecified atom stereocenters. The van der Waals surface area contributed by atoms with E-state index in [4.69, 9.17) is 32.5 Å². The van der Waals surface area contributed by atoms with Crippen molar-refractivity contribution in [2.24, 2.45) is 0 Å². The van der Waals surface area contributed by atoms with Crippen molar-refractivity contribution >= 4 is 65.8 Å². The molecule has 3 aromatic rings. The molecule has 1 saturated heterocycles. The van der Waals surface area contributed by atoms with Crippen LogP contribution in [-0.4, -0.2) is 142 Å². The van der Waals surface area contributed by atoms with Gasteiger partial charge in [-0.25, -0.2) is 9.97 Å². The molecule has 1 atom stereocenters. The number of quaternary nitrogens is 1. The minimum absolute atomic E-state index is 0. The first-order valence-corrected chi connectivity index (χ1v) is 20.7. The fourth-order valence-corrected chi connectivity index (χ4v) is 7.34. The molecule has 0 aliphatic carbocycles. The van der Waals surface area contributed by atoms with Crippen LogP contribution in [0.1, 0.15) is 60.1 Å². The van der Waals surface area contributed by atoms with Crippen molar-refractivity contribution in [3.8, 4) is 11.5 Å². The zero-order chi connectivity index (χ0) is 41.9. The van der Waals surface area contributed by atoms with Crippen LogP contribution in [0.5, 0.6) is 11.5 Å². The van der Waals surface area contributed by atoms with Gasteiger partial charge in [-0.2, -0.15) is 0 Å². The molecule has 1 fully saturated rings. The van der Waals surface area contributed by atoms with Crippen LogP contribution in [0.3, 0.4) is 0 Å². The number of nitrogens with two attached hydrogens (primary N) is 2. The van der Waals surface area contributed by atoms with Gasteiger partial charge in [-0.05, 0) is 115 Å². The monoisotopic (exact) mass is 930 g/mol. The molecule has 2 aromatic carbocycles. The van der Waals surface area contributed by atoms with E-state index in [-0.39, 0.29) is 90.8 Å². The van der Waals surface area contributed by atoms with Crippen molar-refractivity contribution in [2.45, 2.75) is 57.4 Å². The lowest BCUT2D eigenvalue weighted by atomic mass is 9.99. The molecule has 7 N–H and O–H groups in total. The van der Waals surface area contributed by atoms with Gasteiger partial charge in [-0.3, -0.25) is 14.4 Å². The van der Waals surface area contributed by atoms with E-state index in [1.807, 2.05) is 52.5 Å². The minimum Gasteiger partial charge on any atom is -1.00 e.